The minimum absolute atomic E-state index is 0.0952. The summed E-state index contributed by atoms with van der Waals surface area (Å²) < 4.78 is 0. The molecule has 1 aliphatic carbocycles. The molecular weight excluding hydrogens is 260 g/mol. The molecule has 2 aliphatic rings. The van der Waals surface area contributed by atoms with Crippen molar-refractivity contribution in [1.82, 2.24) is 4.90 Å². The number of aliphatic hydroxyl groups is 1. The molecule has 0 amide bonds. The summed E-state index contributed by atoms with van der Waals surface area (Å²) in [6.45, 7) is 2.26. The fraction of sp³-hybridized carbons (Fsp3) is 0.667. The van der Waals surface area contributed by atoms with Crippen LogP contribution in [-0.2, 0) is 0 Å². The summed E-state index contributed by atoms with van der Waals surface area (Å²) >= 11 is 0. The van der Waals surface area contributed by atoms with Gasteiger partial charge in [-0.25, -0.2) is 0 Å². The third-order valence-corrected chi connectivity index (χ3v) is 5.37. The number of hydrogen-bond donors (Lipinski definition) is 1. The third kappa shape index (κ3) is 3.41. The van der Waals surface area contributed by atoms with Crippen molar-refractivity contribution in [2.24, 2.45) is 0 Å². The summed E-state index contributed by atoms with van der Waals surface area (Å²) in [6, 6.07) is 11.7. The van der Waals surface area contributed by atoms with Crippen LogP contribution in [0.2, 0.25) is 0 Å². The highest BCUT2D eigenvalue weighted by molar-refractivity contribution is 5.46. The van der Waals surface area contributed by atoms with Gasteiger partial charge >= 0.3 is 0 Å². The van der Waals surface area contributed by atoms with Gasteiger partial charge in [0.05, 0.1) is 6.10 Å². The Morgan fingerprint density at radius 2 is 1.67 bits per heavy atom. The van der Waals surface area contributed by atoms with Gasteiger partial charge in [-0.2, -0.15) is 0 Å². The number of hydrogen-bond acceptors (Lipinski definition) is 3. The molecule has 0 aromatic heterocycles. The van der Waals surface area contributed by atoms with E-state index in [1.54, 1.807) is 0 Å². The number of rotatable bonds is 3. The van der Waals surface area contributed by atoms with Crippen molar-refractivity contribution in [3.63, 3.8) is 0 Å². The van der Waals surface area contributed by atoms with Crippen LogP contribution < -0.4 is 4.90 Å². The summed E-state index contributed by atoms with van der Waals surface area (Å²) in [5.41, 5.74) is 1.31. The van der Waals surface area contributed by atoms with E-state index in [0.29, 0.717) is 12.1 Å². The molecule has 3 nitrogen and oxygen atoms in total. The SMILES string of the molecule is CN(c1ccccc1)C1CCN(C2CCCCC2O)CC1. The van der Waals surface area contributed by atoms with Gasteiger partial charge in [0, 0.05) is 37.9 Å². The average Bonchev–Trinajstić information content (AvgIpc) is 2.56. The highest BCUT2D eigenvalue weighted by Gasteiger charge is 2.32. The topological polar surface area (TPSA) is 26.7 Å². The number of piperidine rings is 1. The maximum absolute atomic E-state index is 10.2. The molecule has 0 bridgehead atoms. The van der Waals surface area contributed by atoms with Gasteiger partial charge in [0.25, 0.3) is 0 Å². The van der Waals surface area contributed by atoms with Crippen LogP contribution >= 0.6 is 0 Å². The van der Waals surface area contributed by atoms with Gasteiger partial charge in [0.1, 0.15) is 0 Å². The van der Waals surface area contributed by atoms with Crippen molar-refractivity contribution in [1.29, 1.82) is 0 Å². The quantitative estimate of drug-likeness (QED) is 0.926. The fourth-order valence-electron chi connectivity index (χ4n) is 4.00. The van der Waals surface area contributed by atoms with Crippen LogP contribution in [0.15, 0.2) is 30.3 Å². The third-order valence-electron chi connectivity index (χ3n) is 5.37. The highest BCUT2D eigenvalue weighted by atomic mass is 16.3. The van der Waals surface area contributed by atoms with Gasteiger partial charge < -0.3 is 10.0 Å². The van der Waals surface area contributed by atoms with Gasteiger partial charge in [-0.1, -0.05) is 31.0 Å². The van der Waals surface area contributed by atoms with E-state index in [-0.39, 0.29) is 6.10 Å². The summed E-state index contributed by atoms with van der Waals surface area (Å²) in [5, 5.41) is 10.2. The summed E-state index contributed by atoms with van der Waals surface area (Å²) in [4.78, 5) is 4.97. The van der Waals surface area contributed by atoms with Crippen molar-refractivity contribution in [2.45, 2.75) is 56.7 Å². The zero-order valence-electron chi connectivity index (χ0n) is 13.1. The van der Waals surface area contributed by atoms with E-state index in [1.807, 2.05) is 0 Å². The van der Waals surface area contributed by atoms with E-state index < -0.39 is 0 Å². The highest BCUT2D eigenvalue weighted by Crippen LogP contribution is 2.28. The van der Waals surface area contributed by atoms with Crippen molar-refractivity contribution in [3.05, 3.63) is 30.3 Å². The van der Waals surface area contributed by atoms with E-state index in [2.05, 4.69) is 47.2 Å². The van der Waals surface area contributed by atoms with E-state index in [4.69, 9.17) is 0 Å². The normalized spacial score (nSPS) is 28.5. The fourth-order valence-corrected chi connectivity index (χ4v) is 4.00. The summed E-state index contributed by atoms with van der Waals surface area (Å²) in [7, 11) is 2.21. The maximum atomic E-state index is 10.2. The number of likely N-dealkylation sites (tertiary alicyclic amines) is 1. The minimum Gasteiger partial charge on any atom is -0.391 e. The summed E-state index contributed by atoms with van der Waals surface area (Å²) in [5.74, 6) is 0. The van der Waals surface area contributed by atoms with Crippen LogP contribution in [-0.4, -0.2) is 48.3 Å². The second-order valence-corrected chi connectivity index (χ2v) is 6.63. The van der Waals surface area contributed by atoms with Gasteiger partial charge in [-0.15, -0.1) is 0 Å². The predicted molar refractivity (Wildman–Crippen MR) is 87.7 cm³/mol. The Balaban J connectivity index is 1.55. The smallest absolute Gasteiger partial charge is 0.0695 e. The zero-order valence-corrected chi connectivity index (χ0v) is 13.1. The van der Waals surface area contributed by atoms with E-state index in [1.165, 1.54) is 37.8 Å². The average molecular weight is 288 g/mol. The molecule has 1 saturated heterocycles. The molecule has 21 heavy (non-hydrogen) atoms. The molecule has 0 radical (unpaired) electrons. The predicted octanol–water partition coefficient (Wildman–Crippen LogP) is 2.89. The van der Waals surface area contributed by atoms with Crippen molar-refractivity contribution < 1.29 is 5.11 Å². The minimum atomic E-state index is -0.0952. The molecule has 2 atom stereocenters. The standard InChI is InChI=1S/C18H28N2O/c1-19(15-7-3-2-4-8-15)16-11-13-20(14-12-16)17-9-5-6-10-18(17)21/h2-4,7-8,16-18,21H,5-6,9-14H2,1H3. The van der Waals surface area contributed by atoms with Crippen LogP contribution in [0.3, 0.4) is 0 Å². The van der Waals surface area contributed by atoms with Gasteiger partial charge in [0.2, 0.25) is 0 Å². The molecule has 1 saturated carbocycles. The Labute approximate surface area is 128 Å². The first-order valence-corrected chi connectivity index (χ1v) is 8.45. The molecular formula is C18H28N2O. The van der Waals surface area contributed by atoms with Crippen molar-refractivity contribution >= 4 is 5.69 Å². The van der Waals surface area contributed by atoms with Crippen LogP contribution in [0, 0.1) is 0 Å². The molecule has 3 heteroatoms. The lowest BCUT2D eigenvalue weighted by molar-refractivity contribution is 0.00888. The van der Waals surface area contributed by atoms with Crippen LogP contribution in [0.25, 0.3) is 0 Å². The molecule has 3 rings (SSSR count). The second kappa shape index (κ2) is 6.80. The zero-order chi connectivity index (χ0) is 14.7. The molecule has 1 aromatic carbocycles. The Hall–Kier alpha value is -1.06. The molecule has 1 aromatic rings. The molecule has 0 spiro atoms. The molecule has 2 fully saturated rings. The Kier molecular flexibility index (Phi) is 4.81. The number of para-hydroxylation sites is 1. The second-order valence-electron chi connectivity index (χ2n) is 6.63. The van der Waals surface area contributed by atoms with Gasteiger partial charge in [-0.3, -0.25) is 4.90 Å². The lowest BCUT2D eigenvalue weighted by atomic mass is 9.89. The molecule has 116 valence electrons. The number of anilines is 1. The van der Waals surface area contributed by atoms with Crippen molar-refractivity contribution in [2.75, 3.05) is 25.0 Å². The van der Waals surface area contributed by atoms with Gasteiger partial charge in [-0.05, 0) is 37.8 Å². The van der Waals surface area contributed by atoms with Gasteiger partial charge in [0.15, 0.2) is 0 Å². The Morgan fingerprint density at radius 1 is 1.00 bits per heavy atom. The van der Waals surface area contributed by atoms with E-state index in [9.17, 15) is 5.11 Å². The van der Waals surface area contributed by atoms with Crippen LogP contribution in [0.1, 0.15) is 38.5 Å². The number of benzene rings is 1. The first-order valence-electron chi connectivity index (χ1n) is 8.45. The van der Waals surface area contributed by atoms with E-state index in [0.717, 1.165) is 19.5 Å². The molecule has 1 N–H and O–H groups in total. The number of nitrogens with zero attached hydrogens (tertiary/aromatic N) is 2. The van der Waals surface area contributed by atoms with Crippen molar-refractivity contribution in [3.8, 4) is 0 Å². The maximum Gasteiger partial charge on any atom is 0.0695 e. The van der Waals surface area contributed by atoms with E-state index >= 15 is 0 Å². The van der Waals surface area contributed by atoms with Crippen LogP contribution in [0.4, 0.5) is 5.69 Å². The molecule has 2 unspecified atom stereocenters. The molecule has 1 aliphatic heterocycles. The lowest BCUT2D eigenvalue weighted by Crippen LogP contribution is -2.51. The summed E-state index contributed by atoms with van der Waals surface area (Å²) in [6.07, 6.45) is 6.97. The largest absolute Gasteiger partial charge is 0.391 e. The Morgan fingerprint density at radius 3 is 2.33 bits per heavy atom. The lowest BCUT2D eigenvalue weighted by Gasteiger charge is -2.43. The first kappa shape index (κ1) is 14.9. The number of aliphatic hydroxyl groups excluding tert-OH is 1. The first-order chi connectivity index (χ1) is 10.3. The Bertz CT molecular complexity index is 428. The van der Waals surface area contributed by atoms with Crippen LogP contribution in [0.5, 0.6) is 0 Å². The monoisotopic (exact) mass is 288 g/mol. The molecule has 1 heterocycles.